The summed E-state index contributed by atoms with van der Waals surface area (Å²) in [4.78, 5) is 61.9. The number of furan rings is 1. The first-order chi connectivity index (χ1) is 18.0. The summed E-state index contributed by atoms with van der Waals surface area (Å²) in [5.41, 5.74) is 1.08. The van der Waals surface area contributed by atoms with Gasteiger partial charge in [-0.05, 0) is 54.6 Å². The number of anilines is 2. The number of benzene rings is 2. The lowest BCUT2D eigenvalue weighted by Gasteiger charge is -2.28. The van der Waals surface area contributed by atoms with Gasteiger partial charge in [0.1, 0.15) is 0 Å². The van der Waals surface area contributed by atoms with E-state index in [-0.39, 0.29) is 11.3 Å². The first kappa shape index (κ1) is 25.8. The number of hydrazone groups is 1. The first-order valence-corrected chi connectivity index (χ1v) is 10.7. The van der Waals surface area contributed by atoms with Gasteiger partial charge in [0.15, 0.2) is 11.7 Å². The lowest BCUT2D eigenvalue weighted by Crippen LogP contribution is -2.58. The van der Waals surface area contributed by atoms with E-state index >= 15 is 0 Å². The highest BCUT2D eigenvalue weighted by atomic mass is 19.4. The Morgan fingerprint density at radius 2 is 1.74 bits per heavy atom. The van der Waals surface area contributed by atoms with E-state index in [1.807, 2.05) is 5.32 Å². The molecule has 3 N–H and O–H groups in total. The maximum atomic E-state index is 13.0. The molecule has 0 unspecified atom stereocenters. The molecule has 0 aliphatic carbocycles. The fourth-order valence-electron chi connectivity index (χ4n) is 3.33. The minimum absolute atomic E-state index is 0.0933. The summed E-state index contributed by atoms with van der Waals surface area (Å²) in [5, 5.41) is 8.02. The van der Waals surface area contributed by atoms with Gasteiger partial charge in [-0.3, -0.25) is 24.5 Å². The van der Waals surface area contributed by atoms with Crippen molar-refractivity contribution >= 4 is 47.2 Å². The van der Waals surface area contributed by atoms with Gasteiger partial charge in [0.05, 0.1) is 17.5 Å². The highest BCUT2D eigenvalue weighted by molar-refractivity contribution is 6.32. The quantitative estimate of drug-likeness (QED) is 0.255. The van der Waals surface area contributed by atoms with Crippen molar-refractivity contribution < 1.29 is 41.6 Å². The van der Waals surface area contributed by atoms with Gasteiger partial charge in [-0.1, -0.05) is 6.07 Å². The summed E-state index contributed by atoms with van der Waals surface area (Å²) in [7, 11) is 0. The molecular formula is C24H16F3N5O6. The lowest BCUT2D eigenvalue weighted by molar-refractivity contribution is -0.138. The molecule has 14 heteroatoms. The van der Waals surface area contributed by atoms with Crippen LogP contribution >= 0.6 is 0 Å². The van der Waals surface area contributed by atoms with E-state index in [9.17, 15) is 37.1 Å². The molecular weight excluding hydrogens is 511 g/mol. The number of hydrogen-bond acceptors (Lipinski definition) is 7. The molecule has 1 fully saturated rings. The van der Waals surface area contributed by atoms with E-state index in [1.165, 1.54) is 36.6 Å². The number of carbonyl (C=O) groups is 5. The lowest BCUT2D eigenvalue weighted by atomic mass is 10.1. The zero-order chi connectivity index (χ0) is 27.4. The smallest absolute Gasteiger partial charge is 0.416 e. The van der Waals surface area contributed by atoms with Crippen LogP contribution in [0.2, 0.25) is 0 Å². The van der Waals surface area contributed by atoms with E-state index in [0.717, 1.165) is 24.4 Å². The molecule has 6 amide bonds. The van der Waals surface area contributed by atoms with Crippen LogP contribution in [0.1, 0.15) is 26.5 Å². The summed E-state index contributed by atoms with van der Waals surface area (Å²) < 4.78 is 44.1. The predicted molar refractivity (Wildman–Crippen MR) is 125 cm³/mol. The van der Waals surface area contributed by atoms with Crippen molar-refractivity contribution in [1.82, 2.24) is 10.7 Å². The number of carbonyl (C=O) groups excluding carboxylic acids is 5. The van der Waals surface area contributed by atoms with Crippen molar-refractivity contribution in [3.05, 3.63) is 83.8 Å². The van der Waals surface area contributed by atoms with Crippen LogP contribution in [0, 0.1) is 5.92 Å². The van der Waals surface area contributed by atoms with Crippen molar-refractivity contribution in [2.75, 3.05) is 10.2 Å². The molecule has 11 nitrogen and oxygen atoms in total. The van der Waals surface area contributed by atoms with Crippen molar-refractivity contribution in [2.24, 2.45) is 11.0 Å². The average Bonchev–Trinajstić information content (AvgIpc) is 3.41. The molecule has 3 aromatic rings. The number of imide groups is 2. The van der Waals surface area contributed by atoms with Crippen LogP contribution in [0.15, 0.2) is 76.4 Å². The maximum absolute atomic E-state index is 13.0. The molecule has 1 aliphatic heterocycles. The van der Waals surface area contributed by atoms with E-state index in [0.29, 0.717) is 16.7 Å². The fraction of sp³-hybridized carbons (Fsp3) is 0.0833. The minimum atomic E-state index is -4.73. The van der Waals surface area contributed by atoms with Crippen LogP contribution in [0.3, 0.4) is 0 Å². The van der Waals surface area contributed by atoms with Gasteiger partial charge in [0.25, 0.3) is 17.7 Å². The summed E-state index contributed by atoms with van der Waals surface area (Å²) in [6.45, 7) is 0. The Kier molecular flexibility index (Phi) is 7.05. The van der Waals surface area contributed by atoms with Gasteiger partial charge < -0.3 is 9.73 Å². The van der Waals surface area contributed by atoms with E-state index in [4.69, 9.17) is 4.42 Å². The third kappa shape index (κ3) is 5.59. The highest BCUT2D eigenvalue weighted by Gasteiger charge is 2.41. The minimum Gasteiger partial charge on any atom is -0.459 e. The molecule has 0 radical (unpaired) electrons. The zero-order valence-corrected chi connectivity index (χ0v) is 19.0. The van der Waals surface area contributed by atoms with Crippen molar-refractivity contribution in [1.29, 1.82) is 0 Å². The number of amides is 6. The Hall–Kier alpha value is -5.27. The third-order valence-electron chi connectivity index (χ3n) is 5.17. The van der Waals surface area contributed by atoms with Crippen LogP contribution < -0.4 is 21.0 Å². The maximum Gasteiger partial charge on any atom is 0.416 e. The molecule has 0 spiro atoms. The number of urea groups is 1. The summed E-state index contributed by atoms with van der Waals surface area (Å²) in [5.74, 6) is -5.08. The molecule has 1 saturated heterocycles. The van der Waals surface area contributed by atoms with E-state index < -0.39 is 53.0 Å². The molecule has 0 saturated carbocycles. The number of hydrogen-bond donors (Lipinski definition) is 3. The summed E-state index contributed by atoms with van der Waals surface area (Å²) in [6.07, 6.45) is -2.63. The van der Waals surface area contributed by atoms with Crippen LogP contribution in [-0.2, 0) is 15.8 Å². The van der Waals surface area contributed by atoms with Crippen molar-refractivity contribution in [2.45, 2.75) is 6.18 Å². The van der Waals surface area contributed by atoms with Gasteiger partial charge in [-0.2, -0.15) is 18.3 Å². The molecule has 194 valence electrons. The molecule has 1 aromatic heterocycles. The highest BCUT2D eigenvalue weighted by Crippen LogP contribution is 2.32. The van der Waals surface area contributed by atoms with Crippen molar-refractivity contribution in [3.63, 3.8) is 0 Å². The Balaban J connectivity index is 1.41. The summed E-state index contributed by atoms with van der Waals surface area (Å²) >= 11 is 0. The van der Waals surface area contributed by atoms with Crippen LogP contribution in [-0.4, -0.2) is 35.9 Å². The Morgan fingerprint density at radius 1 is 1.00 bits per heavy atom. The Labute approximate surface area is 211 Å². The monoisotopic (exact) mass is 527 g/mol. The number of rotatable bonds is 6. The van der Waals surface area contributed by atoms with Gasteiger partial charge in [-0.15, -0.1) is 0 Å². The predicted octanol–water partition coefficient (Wildman–Crippen LogP) is 3.17. The summed E-state index contributed by atoms with van der Waals surface area (Å²) in [6, 6.07) is 10.9. The molecule has 1 atom stereocenters. The second-order valence-electron chi connectivity index (χ2n) is 7.72. The molecule has 1 aliphatic rings. The number of nitrogens with one attached hydrogen (secondary N) is 3. The van der Waals surface area contributed by atoms with Gasteiger partial charge >= 0.3 is 12.2 Å². The second-order valence-corrected chi connectivity index (χ2v) is 7.72. The number of barbiturate groups is 1. The Bertz CT molecular complexity index is 1430. The fourth-order valence-corrected chi connectivity index (χ4v) is 3.33. The number of alkyl halides is 3. The van der Waals surface area contributed by atoms with Gasteiger partial charge in [0.2, 0.25) is 5.91 Å². The van der Waals surface area contributed by atoms with Crippen molar-refractivity contribution in [3.8, 4) is 0 Å². The van der Waals surface area contributed by atoms with Crippen LogP contribution in [0.25, 0.3) is 0 Å². The van der Waals surface area contributed by atoms with Crippen LogP contribution in [0.4, 0.5) is 29.3 Å². The Morgan fingerprint density at radius 3 is 2.39 bits per heavy atom. The SMILES string of the molecule is O=C(N/N=C\[C@@H]1C(=O)NC(=O)N(c2cccc(C(F)(F)F)c2)C1=O)c1ccc(NC(=O)c2ccco2)cc1. The third-order valence-corrected chi connectivity index (χ3v) is 5.17. The van der Waals surface area contributed by atoms with Gasteiger partial charge in [0, 0.05) is 17.5 Å². The van der Waals surface area contributed by atoms with E-state index in [2.05, 4.69) is 15.8 Å². The molecule has 0 bridgehead atoms. The molecule has 4 rings (SSSR count). The zero-order valence-electron chi connectivity index (χ0n) is 19.0. The second kappa shape index (κ2) is 10.4. The first-order valence-electron chi connectivity index (χ1n) is 10.7. The normalized spacial score (nSPS) is 15.9. The van der Waals surface area contributed by atoms with Crippen LogP contribution in [0.5, 0.6) is 0 Å². The number of nitrogens with zero attached hydrogens (tertiary/aromatic N) is 2. The largest absolute Gasteiger partial charge is 0.459 e. The molecule has 2 heterocycles. The van der Waals surface area contributed by atoms with E-state index in [1.54, 1.807) is 6.07 Å². The van der Waals surface area contributed by atoms with Gasteiger partial charge in [-0.25, -0.2) is 15.1 Å². The standard InChI is InChI=1S/C24H16F3N5O6/c25-24(26,27)14-3-1-4-16(11-14)32-22(36)17(20(34)30-23(32)37)12-28-31-19(33)13-6-8-15(9-7-13)29-21(35)18-5-2-10-38-18/h1-12,17H,(H,29,35)(H,31,33)(H,30,34,37)/b28-12-/t17-/m1/s1. The topological polar surface area (TPSA) is 150 Å². The molecule has 38 heavy (non-hydrogen) atoms. The molecule has 2 aromatic carbocycles. The average molecular weight is 527 g/mol. The number of halogens is 3.